The van der Waals surface area contributed by atoms with Crippen LogP contribution in [-0.4, -0.2) is 33.3 Å². The van der Waals surface area contributed by atoms with Crippen molar-refractivity contribution in [2.45, 2.75) is 37.7 Å². The Morgan fingerprint density at radius 1 is 1.33 bits per heavy atom. The second-order valence-corrected chi connectivity index (χ2v) is 6.64. The van der Waals surface area contributed by atoms with Gasteiger partial charge in [0.15, 0.2) is 0 Å². The Morgan fingerprint density at radius 3 is 2.44 bits per heavy atom. The van der Waals surface area contributed by atoms with E-state index in [1.807, 2.05) is 18.2 Å². The number of carbonyl (C=O) groups is 1. The Labute approximate surface area is 112 Å². The number of benzene rings is 1. The summed E-state index contributed by atoms with van der Waals surface area (Å²) in [6, 6.07) is 9.73. The van der Waals surface area contributed by atoms with Crippen LogP contribution in [0.3, 0.4) is 0 Å². The smallest absolute Gasteiger partial charge is 0.321 e. The Bertz CT molecular complexity index is 427. The first-order valence-electron chi connectivity index (χ1n) is 6.09. The van der Waals surface area contributed by atoms with Gasteiger partial charge in [-0.05, 0) is 26.3 Å². The van der Waals surface area contributed by atoms with Crippen LogP contribution in [0.1, 0.15) is 31.7 Å². The summed E-state index contributed by atoms with van der Waals surface area (Å²) < 4.78 is 0. The highest BCUT2D eigenvalue weighted by Gasteiger charge is 2.44. The molecule has 0 aromatic heterocycles. The van der Waals surface area contributed by atoms with E-state index in [1.54, 1.807) is 11.8 Å². The molecule has 1 aliphatic heterocycles. The van der Waals surface area contributed by atoms with Crippen molar-refractivity contribution in [3.05, 3.63) is 35.9 Å². The molecule has 0 amide bonds. The first kappa shape index (κ1) is 13.4. The predicted molar refractivity (Wildman–Crippen MR) is 74.7 cm³/mol. The molecule has 1 aromatic carbocycles. The fourth-order valence-electron chi connectivity index (χ4n) is 2.39. The van der Waals surface area contributed by atoms with Crippen LogP contribution in [0.4, 0.5) is 0 Å². The van der Waals surface area contributed by atoms with E-state index in [9.17, 15) is 9.90 Å². The molecule has 1 fully saturated rings. The maximum atomic E-state index is 11.4. The van der Waals surface area contributed by atoms with Gasteiger partial charge in [0.1, 0.15) is 6.04 Å². The molecule has 2 rings (SSSR count). The standard InChI is InChI=1S/C14H19NO2S/c1-14(2,3)15-11(13(16)17)9-18-12(15)10-7-5-4-6-8-10/h4-8,11-12H,9H2,1-3H3,(H,16,17)/t11-,12+/m0/s1. The number of hydrogen-bond acceptors (Lipinski definition) is 3. The van der Waals surface area contributed by atoms with Crippen molar-refractivity contribution < 1.29 is 9.90 Å². The molecule has 1 saturated heterocycles. The minimum Gasteiger partial charge on any atom is -0.480 e. The first-order valence-corrected chi connectivity index (χ1v) is 7.14. The molecule has 98 valence electrons. The molecule has 4 heteroatoms. The van der Waals surface area contributed by atoms with Crippen molar-refractivity contribution in [3.8, 4) is 0 Å². The highest BCUT2D eigenvalue weighted by Crippen LogP contribution is 2.45. The third-order valence-corrected chi connectivity index (χ3v) is 4.47. The summed E-state index contributed by atoms with van der Waals surface area (Å²) in [6.07, 6.45) is 0. The van der Waals surface area contributed by atoms with Gasteiger partial charge >= 0.3 is 5.97 Å². The Kier molecular flexibility index (Phi) is 3.69. The van der Waals surface area contributed by atoms with E-state index in [1.165, 1.54) is 5.56 Å². The van der Waals surface area contributed by atoms with Gasteiger partial charge in [-0.3, -0.25) is 9.69 Å². The second-order valence-electron chi connectivity index (χ2n) is 5.53. The molecule has 0 radical (unpaired) electrons. The number of nitrogens with zero attached hydrogens (tertiary/aromatic N) is 1. The first-order chi connectivity index (χ1) is 8.41. The molecule has 0 spiro atoms. The molecule has 1 aliphatic rings. The van der Waals surface area contributed by atoms with Crippen molar-refractivity contribution in [2.75, 3.05) is 5.75 Å². The largest absolute Gasteiger partial charge is 0.480 e. The van der Waals surface area contributed by atoms with Crippen LogP contribution >= 0.6 is 11.8 Å². The molecule has 2 atom stereocenters. The number of carboxylic acid groups (broad SMARTS) is 1. The van der Waals surface area contributed by atoms with Gasteiger partial charge in [-0.2, -0.15) is 0 Å². The third kappa shape index (κ3) is 2.54. The maximum absolute atomic E-state index is 11.4. The molecule has 1 heterocycles. The van der Waals surface area contributed by atoms with E-state index in [-0.39, 0.29) is 10.9 Å². The molecule has 0 aliphatic carbocycles. The minimum atomic E-state index is -0.726. The van der Waals surface area contributed by atoms with Gasteiger partial charge in [-0.25, -0.2) is 0 Å². The van der Waals surface area contributed by atoms with E-state index in [0.29, 0.717) is 5.75 Å². The topological polar surface area (TPSA) is 40.5 Å². The van der Waals surface area contributed by atoms with Gasteiger partial charge in [0, 0.05) is 11.3 Å². The lowest BCUT2D eigenvalue weighted by atomic mass is 10.0. The summed E-state index contributed by atoms with van der Waals surface area (Å²) in [7, 11) is 0. The zero-order valence-electron chi connectivity index (χ0n) is 11.0. The van der Waals surface area contributed by atoms with Gasteiger partial charge in [-0.15, -0.1) is 11.8 Å². The number of rotatable bonds is 2. The van der Waals surface area contributed by atoms with Crippen LogP contribution in [0.15, 0.2) is 30.3 Å². The van der Waals surface area contributed by atoms with Crippen molar-refractivity contribution in [1.82, 2.24) is 4.90 Å². The second kappa shape index (κ2) is 4.94. The quantitative estimate of drug-likeness (QED) is 0.892. The fourth-order valence-corrected chi connectivity index (χ4v) is 4.03. The summed E-state index contributed by atoms with van der Waals surface area (Å²) >= 11 is 1.71. The SMILES string of the molecule is CC(C)(C)N1[C@@H](c2ccccc2)SC[C@H]1C(=O)O. The lowest BCUT2D eigenvalue weighted by molar-refractivity contribution is -0.144. The van der Waals surface area contributed by atoms with Crippen LogP contribution in [0.5, 0.6) is 0 Å². The molecule has 0 unspecified atom stereocenters. The maximum Gasteiger partial charge on any atom is 0.321 e. The summed E-state index contributed by atoms with van der Waals surface area (Å²) in [6.45, 7) is 6.22. The van der Waals surface area contributed by atoms with Crippen molar-refractivity contribution in [3.63, 3.8) is 0 Å². The van der Waals surface area contributed by atoms with Gasteiger partial charge in [0.2, 0.25) is 0 Å². The van der Waals surface area contributed by atoms with E-state index < -0.39 is 12.0 Å². The lowest BCUT2D eigenvalue weighted by Gasteiger charge is -2.39. The molecule has 18 heavy (non-hydrogen) atoms. The highest BCUT2D eigenvalue weighted by molar-refractivity contribution is 7.99. The summed E-state index contributed by atoms with van der Waals surface area (Å²) in [4.78, 5) is 13.5. The Balaban J connectivity index is 2.34. The van der Waals surface area contributed by atoms with E-state index >= 15 is 0 Å². The van der Waals surface area contributed by atoms with Crippen LogP contribution in [-0.2, 0) is 4.79 Å². The monoisotopic (exact) mass is 265 g/mol. The molecule has 0 saturated carbocycles. The zero-order valence-corrected chi connectivity index (χ0v) is 11.8. The van der Waals surface area contributed by atoms with Gasteiger partial charge in [0.05, 0.1) is 5.37 Å². The Hall–Kier alpha value is -1.00. The van der Waals surface area contributed by atoms with Crippen molar-refractivity contribution in [1.29, 1.82) is 0 Å². The van der Waals surface area contributed by atoms with E-state index in [2.05, 4.69) is 37.8 Å². The van der Waals surface area contributed by atoms with E-state index in [0.717, 1.165) is 0 Å². The normalized spacial score (nSPS) is 25.3. The highest BCUT2D eigenvalue weighted by atomic mass is 32.2. The fraction of sp³-hybridized carbons (Fsp3) is 0.500. The minimum absolute atomic E-state index is 0.132. The van der Waals surface area contributed by atoms with Crippen molar-refractivity contribution >= 4 is 17.7 Å². The van der Waals surface area contributed by atoms with Gasteiger partial charge in [0.25, 0.3) is 0 Å². The number of hydrogen-bond donors (Lipinski definition) is 1. The van der Waals surface area contributed by atoms with Gasteiger partial charge in [-0.1, -0.05) is 30.3 Å². The zero-order chi connectivity index (χ0) is 13.3. The molecule has 1 N–H and O–H groups in total. The summed E-state index contributed by atoms with van der Waals surface area (Å²) in [5, 5.41) is 9.49. The lowest BCUT2D eigenvalue weighted by Crippen LogP contribution is -2.49. The molecular formula is C14H19NO2S. The molecule has 1 aromatic rings. The van der Waals surface area contributed by atoms with Crippen LogP contribution < -0.4 is 0 Å². The molecular weight excluding hydrogens is 246 g/mol. The number of carboxylic acids is 1. The third-order valence-electron chi connectivity index (χ3n) is 3.14. The average molecular weight is 265 g/mol. The Morgan fingerprint density at radius 2 is 1.94 bits per heavy atom. The van der Waals surface area contributed by atoms with Gasteiger partial charge < -0.3 is 5.11 Å². The van der Waals surface area contributed by atoms with Crippen LogP contribution in [0.2, 0.25) is 0 Å². The van der Waals surface area contributed by atoms with Crippen LogP contribution in [0, 0.1) is 0 Å². The molecule has 3 nitrogen and oxygen atoms in total. The number of aliphatic carboxylic acids is 1. The molecule has 0 bridgehead atoms. The number of thioether (sulfide) groups is 1. The van der Waals surface area contributed by atoms with E-state index in [4.69, 9.17) is 0 Å². The summed E-state index contributed by atoms with van der Waals surface area (Å²) in [5.41, 5.74) is 1.02. The predicted octanol–water partition coefficient (Wildman–Crippen LogP) is 2.99. The summed E-state index contributed by atoms with van der Waals surface area (Å²) in [5.74, 6) is -0.0811. The van der Waals surface area contributed by atoms with Crippen LogP contribution in [0.25, 0.3) is 0 Å². The average Bonchev–Trinajstić information content (AvgIpc) is 2.74. The van der Waals surface area contributed by atoms with Crippen molar-refractivity contribution in [2.24, 2.45) is 0 Å².